The van der Waals surface area contributed by atoms with Gasteiger partial charge in [0.05, 0.1) is 0 Å². The topological polar surface area (TPSA) is 30.3 Å². The zero-order chi connectivity index (χ0) is 12.1. The molecule has 0 N–H and O–H groups in total. The highest BCUT2D eigenvalue weighted by Gasteiger charge is 2.13. The van der Waals surface area contributed by atoms with Crippen LogP contribution in [-0.2, 0) is 0 Å². The van der Waals surface area contributed by atoms with Gasteiger partial charge in [0, 0.05) is 43.4 Å². The molecule has 0 spiro atoms. The summed E-state index contributed by atoms with van der Waals surface area (Å²) in [7, 11) is 2.15. The summed E-state index contributed by atoms with van der Waals surface area (Å²) in [6, 6.07) is 9.91. The van der Waals surface area contributed by atoms with Crippen LogP contribution in [0.25, 0.3) is 0 Å². The van der Waals surface area contributed by atoms with E-state index in [0.29, 0.717) is 0 Å². The minimum atomic E-state index is 0.893. The van der Waals surface area contributed by atoms with E-state index in [2.05, 4.69) is 40.8 Å². The van der Waals surface area contributed by atoms with Crippen LogP contribution in [0.5, 0.6) is 0 Å². The Bertz CT molecular complexity index is 465. The fourth-order valence-corrected chi connectivity index (χ4v) is 1.92. The van der Waals surface area contributed by atoms with Crippen LogP contribution in [0.15, 0.2) is 24.3 Å². The molecule has 1 fully saturated rings. The van der Waals surface area contributed by atoms with Gasteiger partial charge in [-0.05, 0) is 31.3 Å². The van der Waals surface area contributed by atoms with Gasteiger partial charge in [0.1, 0.15) is 0 Å². The molecule has 0 bridgehead atoms. The molecule has 1 aliphatic rings. The van der Waals surface area contributed by atoms with Gasteiger partial charge in [0.2, 0.25) is 0 Å². The SMILES string of the molecule is CN1CCN(c2ccc(C#CC#N)cc2)CC1. The molecular formula is C14H15N3. The number of piperazine rings is 1. The normalized spacial score (nSPS) is 15.9. The zero-order valence-corrected chi connectivity index (χ0v) is 9.98. The molecule has 0 aliphatic carbocycles. The molecule has 0 aromatic heterocycles. The van der Waals surface area contributed by atoms with Gasteiger partial charge < -0.3 is 9.80 Å². The Kier molecular flexibility index (Phi) is 3.65. The van der Waals surface area contributed by atoms with E-state index < -0.39 is 0 Å². The Morgan fingerprint density at radius 1 is 1.06 bits per heavy atom. The smallest absolute Gasteiger partial charge is 0.152 e. The second-order valence-electron chi connectivity index (χ2n) is 4.20. The molecular weight excluding hydrogens is 210 g/mol. The van der Waals surface area contributed by atoms with Gasteiger partial charge in [-0.1, -0.05) is 5.92 Å². The Labute approximate surface area is 102 Å². The lowest BCUT2D eigenvalue weighted by atomic mass is 10.2. The quantitative estimate of drug-likeness (QED) is 0.675. The summed E-state index contributed by atoms with van der Waals surface area (Å²) in [5.74, 6) is 5.20. The fraction of sp³-hybridized carbons (Fsp3) is 0.357. The van der Waals surface area contributed by atoms with Crippen molar-refractivity contribution >= 4 is 5.69 Å². The second kappa shape index (κ2) is 5.39. The van der Waals surface area contributed by atoms with Gasteiger partial charge in [-0.3, -0.25) is 0 Å². The van der Waals surface area contributed by atoms with Crippen LogP contribution in [0.2, 0.25) is 0 Å². The summed E-state index contributed by atoms with van der Waals surface area (Å²) in [4.78, 5) is 4.71. The molecule has 0 atom stereocenters. The predicted octanol–water partition coefficient (Wildman–Crippen LogP) is 1.31. The van der Waals surface area contributed by atoms with E-state index >= 15 is 0 Å². The van der Waals surface area contributed by atoms with Crippen molar-refractivity contribution < 1.29 is 0 Å². The molecule has 86 valence electrons. The van der Waals surface area contributed by atoms with Crippen molar-refractivity contribution in [2.75, 3.05) is 38.1 Å². The first-order valence-corrected chi connectivity index (χ1v) is 5.73. The molecule has 0 radical (unpaired) electrons. The van der Waals surface area contributed by atoms with E-state index in [1.165, 1.54) is 5.69 Å². The van der Waals surface area contributed by atoms with E-state index in [-0.39, 0.29) is 0 Å². The van der Waals surface area contributed by atoms with Gasteiger partial charge >= 0.3 is 0 Å². The third-order valence-corrected chi connectivity index (χ3v) is 3.00. The lowest BCUT2D eigenvalue weighted by Gasteiger charge is -2.34. The van der Waals surface area contributed by atoms with E-state index in [1.54, 1.807) is 0 Å². The van der Waals surface area contributed by atoms with Gasteiger partial charge in [-0.2, -0.15) is 5.26 Å². The van der Waals surface area contributed by atoms with Gasteiger partial charge in [-0.25, -0.2) is 0 Å². The highest BCUT2D eigenvalue weighted by Crippen LogP contribution is 2.16. The van der Waals surface area contributed by atoms with Crippen molar-refractivity contribution in [3.8, 4) is 17.9 Å². The monoisotopic (exact) mass is 225 g/mol. The number of likely N-dealkylation sites (N-methyl/N-ethyl adjacent to an activating group) is 1. The third-order valence-electron chi connectivity index (χ3n) is 3.00. The maximum absolute atomic E-state index is 8.37. The van der Waals surface area contributed by atoms with Crippen LogP contribution >= 0.6 is 0 Å². The molecule has 0 amide bonds. The Hall–Kier alpha value is -1.97. The highest BCUT2D eigenvalue weighted by molar-refractivity contribution is 5.51. The number of hydrogen-bond acceptors (Lipinski definition) is 3. The summed E-state index contributed by atoms with van der Waals surface area (Å²) in [5, 5.41) is 8.37. The lowest BCUT2D eigenvalue weighted by molar-refractivity contribution is 0.313. The highest BCUT2D eigenvalue weighted by atomic mass is 15.2. The first-order chi connectivity index (χ1) is 8.29. The first kappa shape index (κ1) is 11.5. The summed E-state index contributed by atoms with van der Waals surface area (Å²) < 4.78 is 0. The second-order valence-corrected chi connectivity index (χ2v) is 4.20. The molecule has 1 heterocycles. The van der Waals surface area contributed by atoms with E-state index in [9.17, 15) is 0 Å². The van der Waals surface area contributed by atoms with Crippen molar-refractivity contribution in [2.24, 2.45) is 0 Å². The summed E-state index contributed by atoms with van der Waals surface area (Å²) >= 11 is 0. The van der Waals surface area contributed by atoms with Crippen LogP contribution < -0.4 is 4.90 Å². The Morgan fingerprint density at radius 2 is 1.71 bits per heavy atom. The number of benzene rings is 1. The van der Waals surface area contributed by atoms with Crippen LogP contribution in [0, 0.1) is 23.2 Å². The van der Waals surface area contributed by atoms with E-state index in [4.69, 9.17) is 5.26 Å². The number of anilines is 1. The van der Waals surface area contributed by atoms with Crippen LogP contribution in [0.4, 0.5) is 5.69 Å². The Balaban J connectivity index is 2.05. The standard InChI is InChI=1S/C14H15N3/c1-16-9-11-17(12-10-16)14-6-4-13(5-7-14)3-2-8-15/h4-7H,9-12H2,1H3. The largest absolute Gasteiger partial charge is 0.369 e. The van der Waals surface area contributed by atoms with Crippen LogP contribution in [0.1, 0.15) is 5.56 Å². The van der Waals surface area contributed by atoms with Crippen molar-refractivity contribution in [1.82, 2.24) is 4.90 Å². The molecule has 3 heteroatoms. The molecule has 2 rings (SSSR count). The summed E-state index contributed by atoms with van der Waals surface area (Å²) in [6.07, 6.45) is 0. The molecule has 3 nitrogen and oxygen atoms in total. The predicted molar refractivity (Wildman–Crippen MR) is 68.6 cm³/mol. The molecule has 1 saturated heterocycles. The minimum Gasteiger partial charge on any atom is -0.369 e. The number of hydrogen-bond donors (Lipinski definition) is 0. The third kappa shape index (κ3) is 3.00. The molecule has 1 aromatic carbocycles. The number of nitriles is 1. The van der Waals surface area contributed by atoms with Crippen molar-refractivity contribution in [1.29, 1.82) is 5.26 Å². The lowest BCUT2D eigenvalue weighted by Crippen LogP contribution is -2.44. The van der Waals surface area contributed by atoms with Crippen LogP contribution in [-0.4, -0.2) is 38.1 Å². The van der Waals surface area contributed by atoms with Crippen molar-refractivity contribution in [3.63, 3.8) is 0 Å². The van der Waals surface area contributed by atoms with Gasteiger partial charge in [0.25, 0.3) is 0 Å². The molecule has 17 heavy (non-hydrogen) atoms. The minimum absolute atomic E-state index is 0.893. The van der Waals surface area contributed by atoms with Crippen molar-refractivity contribution in [2.45, 2.75) is 0 Å². The summed E-state index contributed by atoms with van der Waals surface area (Å²) in [6.45, 7) is 4.35. The van der Waals surface area contributed by atoms with Gasteiger partial charge in [0.15, 0.2) is 6.07 Å². The molecule has 0 unspecified atom stereocenters. The average molecular weight is 225 g/mol. The average Bonchev–Trinajstić information content (AvgIpc) is 2.38. The zero-order valence-electron chi connectivity index (χ0n) is 9.98. The molecule has 1 aliphatic heterocycles. The number of nitrogens with zero attached hydrogens (tertiary/aromatic N) is 3. The fourth-order valence-electron chi connectivity index (χ4n) is 1.92. The van der Waals surface area contributed by atoms with Crippen LogP contribution in [0.3, 0.4) is 0 Å². The van der Waals surface area contributed by atoms with Gasteiger partial charge in [-0.15, -0.1) is 0 Å². The number of rotatable bonds is 1. The molecule has 1 aromatic rings. The molecule has 0 saturated carbocycles. The van der Waals surface area contributed by atoms with Crippen molar-refractivity contribution in [3.05, 3.63) is 29.8 Å². The van der Waals surface area contributed by atoms with E-state index in [1.807, 2.05) is 18.2 Å². The first-order valence-electron chi connectivity index (χ1n) is 5.73. The maximum atomic E-state index is 8.37. The van der Waals surface area contributed by atoms with E-state index in [0.717, 1.165) is 31.7 Å². The summed E-state index contributed by atoms with van der Waals surface area (Å²) in [5.41, 5.74) is 2.13. The Morgan fingerprint density at radius 3 is 2.29 bits per heavy atom. The maximum Gasteiger partial charge on any atom is 0.152 e.